The van der Waals surface area contributed by atoms with Crippen LogP contribution in [0.2, 0.25) is 0 Å². The first-order valence-corrected chi connectivity index (χ1v) is 5.89. The monoisotopic (exact) mass is 260 g/mol. The molecule has 0 aliphatic carbocycles. The number of ether oxygens (including phenoxy) is 1. The minimum atomic E-state index is -0.325. The molecule has 0 fully saturated rings. The molecule has 8 heteroatoms. The van der Waals surface area contributed by atoms with Gasteiger partial charge in [-0.05, 0) is 0 Å². The largest absolute Gasteiger partial charge is 0.395 e. The molecule has 0 aliphatic heterocycles. The number of hydrogen-bond acceptors (Lipinski definition) is 7. The Hall–Kier alpha value is -1.38. The molecule has 0 aliphatic rings. The van der Waals surface area contributed by atoms with Crippen molar-refractivity contribution in [3.05, 3.63) is 4.88 Å². The van der Waals surface area contributed by atoms with Crippen LogP contribution in [0.5, 0.6) is 0 Å². The van der Waals surface area contributed by atoms with Crippen LogP contribution in [0.3, 0.4) is 0 Å². The number of nitrogens with zero attached hydrogens (tertiary/aromatic N) is 1. The van der Waals surface area contributed by atoms with Gasteiger partial charge in [-0.15, -0.1) is 0 Å². The van der Waals surface area contributed by atoms with Crippen molar-refractivity contribution in [1.82, 2.24) is 10.3 Å². The Kier molecular flexibility index (Phi) is 5.67. The van der Waals surface area contributed by atoms with E-state index < -0.39 is 0 Å². The summed E-state index contributed by atoms with van der Waals surface area (Å²) in [6.07, 6.45) is 0. The average molecular weight is 260 g/mol. The van der Waals surface area contributed by atoms with Gasteiger partial charge in [0.15, 0.2) is 5.13 Å². The molecule has 0 radical (unpaired) electrons. The zero-order valence-electron chi connectivity index (χ0n) is 9.52. The quantitative estimate of drug-likeness (QED) is 0.492. The summed E-state index contributed by atoms with van der Waals surface area (Å²) < 4.78 is 4.88. The summed E-state index contributed by atoms with van der Waals surface area (Å²) in [5, 5.41) is 14.7. The predicted molar refractivity (Wildman–Crippen MR) is 66.3 cm³/mol. The number of carbonyl (C=O) groups is 1. The van der Waals surface area contributed by atoms with Crippen molar-refractivity contribution >= 4 is 28.2 Å². The third-order valence-corrected chi connectivity index (χ3v) is 2.87. The first-order chi connectivity index (χ1) is 8.19. The van der Waals surface area contributed by atoms with Crippen LogP contribution in [-0.2, 0) is 4.74 Å². The van der Waals surface area contributed by atoms with E-state index in [-0.39, 0.29) is 24.9 Å². The summed E-state index contributed by atoms with van der Waals surface area (Å²) >= 11 is 1.17. The maximum Gasteiger partial charge on any atom is 0.265 e. The SMILES string of the molecule is COCCNc1nc(N)c(C(=O)NCCO)s1. The highest BCUT2D eigenvalue weighted by Gasteiger charge is 2.15. The van der Waals surface area contributed by atoms with Crippen LogP contribution in [-0.4, -0.2) is 49.4 Å². The number of methoxy groups -OCH3 is 1. The topological polar surface area (TPSA) is 110 Å². The van der Waals surface area contributed by atoms with Gasteiger partial charge in [0.2, 0.25) is 0 Å². The van der Waals surface area contributed by atoms with E-state index in [1.807, 2.05) is 0 Å². The van der Waals surface area contributed by atoms with Crippen molar-refractivity contribution in [3.8, 4) is 0 Å². The summed E-state index contributed by atoms with van der Waals surface area (Å²) in [6.45, 7) is 1.23. The molecule has 0 spiro atoms. The molecule has 0 atom stereocenters. The number of nitrogen functional groups attached to an aromatic ring is 1. The molecule has 0 saturated carbocycles. The number of thiazole rings is 1. The van der Waals surface area contributed by atoms with E-state index in [2.05, 4.69) is 15.6 Å². The molecule has 5 N–H and O–H groups in total. The molecular formula is C9H16N4O3S. The Bertz CT molecular complexity index is 369. The summed E-state index contributed by atoms with van der Waals surface area (Å²) in [5.74, 6) is -0.140. The molecule has 1 heterocycles. The number of carbonyl (C=O) groups excluding carboxylic acids is 1. The maximum absolute atomic E-state index is 11.6. The van der Waals surface area contributed by atoms with E-state index in [0.29, 0.717) is 23.2 Å². The summed E-state index contributed by atoms with van der Waals surface area (Å²) in [4.78, 5) is 15.9. The number of nitrogens with two attached hydrogens (primary N) is 1. The number of nitrogens with one attached hydrogen (secondary N) is 2. The summed E-state index contributed by atoms with van der Waals surface area (Å²) in [5.41, 5.74) is 5.62. The Balaban J connectivity index is 2.58. The van der Waals surface area contributed by atoms with Gasteiger partial charge in [0.25, 0.3) is 5.91 Å². The number of aromatic nitrogens is 1. The van der Waals surface area contributed by atoms with Gasteiger partial charge in [0.1, 0.15) is 10.7 Å². The third kappa shape index (κ3) is 4.17. The normalized spacial score (nSPS) is 10.2. The van der Waals surface area contributed by atoms with Crippen LogP contribution in [0.4, 0.5) is 10.9 Å². The molecule has 1 amide bonds. The van der Waals surface area contributed by atoms with Gasteiger partial charge in [0.05, 0.1) is 13.2 Å². The lowest BCUT2D eigenvalue weighted by Crippen LogP contribution is -2.26. The minimum absolute atomic E-state index is 0.108. The van der Waals surface area contributed by atoms with Crippen molar-refractivity contribution < 1.29 is 14.6 Å². The Labute approximate surface area is 103 Å². The lowest BCUT2D eigenvalue weighted by molar-refractivity contribution is 0.0949. The zero-order valence-corrected chi connectivity index (χ0v) is 10.3. The number of aliphatic hydroxyl groups is 1. The van der Waals surface area contributed by atoms with Crippen LogP contribution >= 0.6 is 11.3 Å². The molecular weight excluding hydrogens is 244 g/mol. The van der Waals surface area contributed by atoms with Crippen molar-refractivity contribution in [3.63, 3.8) is 0 Å². The number of rotatable bonds is 7. The highest BCUT2D eigenvalue weighted by molar-refractivity contribution is 7.18. The van der Waals surface area contributed by atoms with E-state index in [1.54, 1.807) is 7.11 Å². The van der Waals surface area contributed by atoms with Crippen LogP contribution in [0.15, 0.2) is 0 Å². The lowest BCUT2D eigenvalue weighted by Gasteiger charge is -2.00. The van der Waals surface area contributed by atoms with E-state index >= 15 is 0 Å². The summed E-state index contributed by atoms with van der Waals surface area (Å²) in [6, 6.07) is 0. The van der Waals surface area contributed by atoms with Crippen LogP contribution in [0.25, 0.3) is 0 Å². The number of anilines is 2. The van der Waals surface area contributed by atoms with Gasteiger partial charge in [-0.1, -0.05) is 11.3 Å². The first-order valence-electron chi connectivity index (χ1n) is 5.07. The Morgan fingerprint density at radius 2 is 2.35 bits per heavy atom. The minimum Gasteiger partial charge on any atom is -0.395 e. The Morgan fingerprint density at radius 1 is 1.59 bits per heavy atom. The molecule has 0 unspecified atom stereocenters. The predicted octanol–water partition coefficient (Wildman–Crippen LogP) is -0.494. The molecule has 0 aromatic carbocycles. The average Bonchev–Trinajstić information content (AvgIpc) is 2.68. The van der Waals surface area contributed by atoms with Crippen molar-refractivity contribution in [2.24, 2.45) is 0 Å². The number of aliphatic hydroxyl groups excluding tert-OH is 1. The van der Waals surface area contributed by atoms with Gasteiger partial charge < -0.3 is 26.2 Å². The molecule has 0 bridgehead atoms. The fourth-order valence-electron chi connectivity index (χ4n) is 1.08. The van der Waals surface area contributed by atoms with Crippen molar-refractivity contribution in [2.75, 3.05) is 44.5 Å². The highest BCUT2D eigenvalue weighted by atomic mass is 32.1. The van der Waals surface area contributed by atoms with Crippen LogP contribution in [0, 0.1) is 0 Å². The van der Waals surface area contributed by atoms with Gasteiger partial charge in [0, 0.05) is 20.2 Å². The second kappa shape index (κ2) is 7.05. The fourth-order valence-corrected chi connectivity index (χ4v) is 1.91. The third-order valence-electron chi connectivity index (χ3n) is 1.84. The molecule has 1 aromatic rings. The molecule has 17 heavy (non-hydrogen) atoms. The Morgan fingerprint density at radius 3 is 3.00 bits per heavy atom. The van der Waals surface area contributed by atoms with Crippen molar-refractivity contribution in [1.29, 1.82) is 0 Å². The second-order valence-corrected chi connectivity index (χ2v) is 4.13. The van der Waals surface area contributed by atoms with Gasteiger partial charge in [-0.3, -0.25) is 4.79 Å². The van der Waals surface area contributed by atoms with Crippen LogP contribution in [0.1, 0.15) is 9.67 Å². The molecule has 1 rings (SSSR count). The first kappa shape index (κ1) is 13.7. The summed E-state index contributed by atoms with van der Waals surface area (Å²) in [7, 11) is 1.60. The van der Waals surface area contributed by atoms with E-state index in [1.165, 1.54) is 11.3 Å². The molecule has 96 valence electrons. The van der Waals surface area contributed by atoms with E-state index in [0.717, 1.165) is 0 Å². The van der Waals surface area contributed by atoms with E-state index in [4.69, 9.17) is 15.6 Å². The van der Waals surface area contributed by atoms with Gasteiger partial charge in [-0.25, -0.2) is 4.98 Å². The maximum atomic E-state index is 11.6. The smallest absolute Gasteiger partial charge is 0.265 e. The highest BCUT2D eigenvalue weighted by Crippen LogP contribution is 2.24. The fraction of sp³-hybridized carbons (Fsp3) is 0.556. The molecule has 0 saturated heterocycles. The van der Waals surface area contributed by atoms with E-state index in [9.17, 15) is 4.79 Å². The number of hydrogen-bond donors (Lipinski definition) is 4. The van der Waals surface area contributed by atoms with Crippen molar-refractivity contribution in [2.45, 2.75) is 0 Å². The van der Waals surface area contributed by atoms with Gasteiger partial charge in [-0.2, -0.15) is 0 Å². The second-order valence-electron chi connectivity index (χ2n) is 3.13. The zero-order chi connectivity index (χ0) is 12.7. The number of amides is 1. The standard InChI is InChI=1S/C9H16N4O3S/c1-16-5-3-12-9-13-7(10)6(17-9)8(15)11-2-4-14/h14H,2-5,10H2,1H3,(H,11,15)(H,12,13). The lowest BCUT2D eigenvalue weighted by atomic mass is 10.4. The molecule has 1 aromatic heterocycles. The van der Waals surface area contributed by atoms with Crippen LogP contribution < -0.4 is 16.4 Å². The molecule has 7 nitrogen and oxygen atoms in total. The van der Waals surface area contributed by atoms with Gasteiger partial charge >= 0.3 is 0 Å².